The molecule has 3 heteroatoms. The Bertz CT molecular complexity index is 153. The van der Waals surface area contributed by atoms with Crippen molar-refractivity contribution in [3.63, 3.8) is 0 Å². The minimum absolute atomic E-state index is 0.345. The molecule has 1 aliphatic rings. The zero-order chi connectivity index (χ0) is 10.4. The van der Waals surface area contributed by atoms with Crippen LogP contribution in [0.3, 0.4) is 0 Å². The van der Waals surface area contributed by atoms with Crippen molar-refractivity contribution >= 4 is 0 Å². The number of hydrogen-bond donors (Lipinski definition) is 1. The first-order valence-electron chi connectivity index (χ1n) is 5.62. The van der Waals surface area contributed by atoms with E-state index in [0.29, 0.717) is 5.41 Å². The first-order chi connectivity index (χ1) is 6.68. The van der Waals surface area contributed by atoms with Gasteiger partial charge in [-0.2, -0.15) is 0 Å². The summed E-state index contributed by atoms with van der Waals surface area (Å²) in [5.41, 5.74) is 0.345. The van der Waals surface area contributed by atoms with E-state index in [0.717, 1.165) is 32.8 Å². The molecule has 1 saturated heterocycles. The maximum absolute atomic E-state index is 5.62. The molecule has 0 bridgehead atoms. The van der Waals surface area contributed by atoms with Gasteiger partial charge in [0, 0.05) is 25.1 Å². The van der Waals surface area contributed by atoms with Gasteiger partial charge >= 0.3 is 0 Å². The average Bonchev–Trinajstić information content (AvgIpc) is 2.15. The fraction of sp³-hybridized carbons (Fsp3) is 1.00. The number of nitrogens with zero attached hydrogens (tertiary/aromatic N) is 1. The van der Waals surface area contributed by atoms with Gasteiger partial charge in [-0.1, -0.05) is 6.92 Å². The molecule has 14 heavy (non-hydrogen) atoms. The Kier molecular flexibility index (Phi) is 4.85. The molecule has 1 rings (SSSR count). The SMILES string of the molecule is CCNCC1(CN(C)C)CCCOC1. The molecule has 0 aromatic carbocycles. The van der Waals surface area contributed by atoms with Crippen LogP contribution in [0.25, 0.3) is 0 Å². The Balaban J connectivity index is 2.47. The van der Waals surface area contributed by atoms with Gasteiger partial charge in [-0.15, -0.1) is 0 Å². The van der Waals surface area contributed by atoms with Gasteiger partial charge in [0.1, 0.15) is 0 Å². The lowest BCUT2D eigenvalue weighted by Crippen LogP contribution is -2.47. The number of rotatable bonds is 5. The van der Waals surface area contributed by atoms with Crippen molar-refractivity contribution in [2.45, 2.75) is 19.8 Å². The normalized spacial score (nSPS) is 28.3. The molecule has 1 unspecified atom stereocenters. The van der Waals surface area contributed by atoms with Gasteiger partial charge in [-0.3, -0.25) is 0 Å². The van der Waals surface area contributed by atoms with Crippen LogP contribution >= 0.6 is 0 Å². The lowest BCUT2D eigenvalue weighted by molar-refractivity contribution is -0.0193. The van der Waals surface area contributed by atoms with Gasteiger partial charge in [-0.05, 0) is 33.5 Å². The fourth-order valence-electron chi connectivity index (χ4n) is 2.29. The first kappa shape index (κ1) is 12.0. The van der Waals surface area contributed by atoms with E-state index in [4.69, 9.17) is 4.74 Å². The third-order valence-corrected chi connectivity index (χ3v) is 2.81. The maximum Gasteiger partial charge on any atom is 0.0546 e. The summed E-state index contributed by atoms with van der Waals surface area (Å²) in [4.78, 5) is 2.27. The van der Waals surface area contributed by atoms with E-state index in [9.17, 15) is 0 Å². The van der Waals surface area contributed by atoms with Crippen LogP contribution in [0, 0.1) is 5.41 Å². The van der Waals surface area contributed by atoms with E-state index in [1.54, 1.807) is 0 Å². The van der Waals surface area contributed by atoms with Crippen LogP contribution in [0.4, 0.5) is 0 Å². The molecule has 0 radical (unpaired) electrons. The third kappa shape index (κ3) is 3.56. The zero-order valence-corrected chi connectivity index (χ0v) is 9.81. The van der Waals surface area contributed by atoms with E-state index in [1.165, 1.54) is 12.8 Å². The fourth-order valence-corrected chi connectivity index (χ4v) is 2.29. The summed E-state index contributed by atoms with van der Waals surface area (Å²) in [5, 5.41) is 3.46. The van der Waals surface area contributed by atoms with Crippen LogP contribution in [0.15, 0.2) is 0 Å². The highest BCUT2D eigenvalue weighted by Crippen LogP contribution is 2.28. The topological polar surface area (TPSA) is 24.5 Å². The standard InChI is InChI=1S/C11H24N2O/c1-4-12-8-11(9-13(2)3)6-5-7-14-10-11/h12H,4-10H2,1-3H3. The highest BCUT2D eigenvalue weighted by Gasteiger charge is 2.32. The molecular formula is C11H24N2O. The molecule has 0 aromatic rings. The van der Waals surface area contributed by atoms with Crippen molar-refractivity contribution in [3.05, 3.63) is 0 Å². The van der Waals surface area contributed by atoms with Gasteiger partial charge < -0.3 is 15.0 Å². The molecule has 1 fully saturated rings. The summed E-state index contributed by atoms with van der Waals surface area (Å²) in [6.45, 7) is 7.28. The van der Waals surface area contributed by atoms with E-state index in [-0.39, 0.29) is 0 Å². The third-order valence-electron chi connectivity index (χ3n) is 2.81. The predicted molar refractivity (Wildman–Crippen MR) is 59.6 cm³/mol. The molecule has 0 aliphatic carbocycles. The summed E-state index contributed by atoms with van der Waals surface area (Å²) in [6.07, 6.45) is 2.50. The lowest BCUT2D eigenvalue weighted by atomic mass is 9.82. The number of hydrogen-bond acceptors (Lipinski definition) is 3. The molecule has 0 saturated carbocycles. The minimum Gasteiger partial charge on any atom is -0.381 e. The summed E-state index contributed by atoms with van der Waals surface area (Å²) < 4.78 is 5.62. The van der Waals surface area contributed by atoms with Crippen molar-refractivity contribution in [2.75, 3.05) is 46.9 Å². The van der Waals surface area contributed by atoms with Crippen LogP contribution in [0.5, 0.6) is 0 Å². The predicted octanol–water partition coefficient (Wildman–Crippen LogP) is 0.954. The summed E-state index contributed by atoms with van der Waals surface area (Å²) in [5.74, 6) is 0. The van der Waals surface area contributed by atoms with Crippen LogP contribution in [0.2, 0.25) is 0 Å². The van der Waals surface area contributed by atoms with Gasteiger partial charge in [0.2, 0.25) is 0 Å². The monoisotopic (exact) mass is 200 g/mol. The van der Waals surface area contributed by atoms with Gasteiger partial charge in [0.15, 0.2) is 0 Å². The molecule has 0 aromatic heterocycles. The molecule has 0 spiro atoms. The Labute approximate surface area is 87.8 Å². The largest absolute Gasteiger partial charge is 0.381 e. The highest BCUT2D eigenvalue weighted by atomic mass is 16.5. The second-order valence-electron chi connectivity index (χ2n) is 4.67. The van der Waals surface area contributed by atoms with Crippen molar-refractivity contribution in [2.24, 2.45) is 5.41 Å². The quantitative estimate of drug-likeness (QED) is 0.715. The van der Waals surface area contributed by atoms with Gasteiger partial charge in [-0.25, -0.2) is 0 Å². The zero-order valence-electron chi connectivity index (χ0n) is 9.81. The van der Waals surface area contributed by atoms with Crippen LogP contribution in [-0.4, -0.2) is 51.8 Å². The van der Waals surface area contributed by atoms with E-state index in [1.807, 2.05) is 0 Å². The maximum atomic E-state index is 5.62. The van der Waals surface area contributed by atoms with Crippen molar-refractivity contribution < 1.29 is 4.74 Å². The Hall–Kier alpha value is -0.120. The number of ether oxygens (including phenoxy) is 1. The summed E-state index contributed by atoms with van der Waals surface area (Å²) >= 11 is 0. The van der Waals surface area contributed by atoms with Crippen molar-refractivity contribution in [1.82, 2.24) is 10.2 Å². The molecule has 1 N–H and O–H groups in total. The lowest BCUT2D eigenvalue weighted by Gasteiger charge is -2.39. The summed E-state index contributed by atoms with van der Waals surface area (Å²) in [7, 11) is 4.28. The molecule has 0 amide bonds. The molecule has 3 nitrogen and oxygen atoms in total. The second kappa shape index (κ2) is 5.69. The van der Waals surface area contributed by atoms with Gasteiger partial charge in [0.05, 0.1) is 6.61 Å². The van der Waals surface area contributed by atoms with E-state index >= 15 is 0 Å². The Morgan fingerprint density at radius 3 is 2.71 bits per heavy atom. The first-order valence-corrected chi connectivity index (χ1v) is 5.62. The molecule has 84 valence electrons. The van der Waals surface area contributed by atoms with Crippen LogP contribution in [-0.2, 0) is 4.74 Å². The average molecular weight is 200 g/mol. The van der Waals surface area contributed by atoms with E-state index in [2.05, 4.69) is 31.2 Å². The number of nitrogens with one attached hydrogen (secondary N) is 1. The Morgan fingerprint density at radius 1 is 1.43 bits per heavy atom. The Morgan fingerprint density at radius 2 is 2.21 bits per heavy atom. The highest BCUT2D eigenvalue weighted by molar-refractivity contribution is 4.85. The summed E-state index contributed by atoms with van der Waals surface area (Å²) in [6, 6.07) is 0. The van der Waals surface area contributed by atoms with Crippen molar-refractivity contribution in [3.8, 4) is 0 Å². The van der Waals surface area contributed by atoms with Crippen molar-refractivity contribution in [1.29, 1.82) is 0 Å². The molecular weight excluding hydrogens is 176 g/mol. The van der Waals surface area contributed by atoms with Crippen LogP contribution in [0.1, 0.15) is 19.8 Å². The molecule has 1 atom stereocenters. The smallest absolute Gasteiger partial charge is 0.0546 e. The van der Waals surface area contributed by atoms with E-state index < -0.39 is 0 Å². The molecule has 1 heterocycles. The second-order valence-corrected chi connectivity index (χ2v) is 4.67. The van der Waals surface area contributed by atoms with Crippen LogP contribution < -0.4 is 5.32 Å². The molecule has 1 aliphatic heterocycles. The minimum atomic E-state index is 0.345. The van der Waals surface area contributed by atoms with Gasteiger partial charge in [0.25, 0.3) is 0 Å².